The maximum absolute atomic E-state index is 12.3. The fraction of sp³-hybridized carbons (Fsp3) is 0.444. The molecular weight excluding hydrogens is 330 g/mol. The monoisotopic (exact) mass is 353 g/mol. The molecule has 1 aromatic carbocycles. The number of fused-ring (bicyclic) bond motifs is 1. The van der Waals surface area contributed by atoms with E-state index in [-0.39, 0.29) is 17.8 Å². The highest BCUT2D eigenvalue weighted by molar-refractivity contribution is 6.01. The highest BCUT2D eigenvalue weighted by Crippen LogP contribution is 2.20. The van der Waals surface area contributed by atoms with Crippen LogP contribution in [0, 0.1) is 13.8 Å². The van der Waals surface area contributed by atoms with E-state index in [1.54, 1.807) is 32.0 Å². The summed E-state index contributed by atoms with van der Waals surface area (Å²) in [7, 11) is 0. The normalized spacial score (nSPS) is 10.7. The largest absolute Gasteiger partial charge is 0.461 e. The van der Waals surface area contributed by atoms with Crippen molar-refractivity contribution in [3.63, 3.8) is 0 Å². The molecule has 0 aliphatic rings. The van der Waals surface area contributed by atoms with Crippen LogP contribution >= 0.6 is 12.4 Å². The van der Waals surface area contributed by atoms with Crippen molar-refractivity contribution >= 4 is 29.3 Å². The second-order valence-corrected chi connectivity index (χ2v) is 5.46. The number of rotatable bonds is 6. The Hall–Kier alpha value is -1.85. The molecule has 2 aromatic rings. The third-order valence-corrected chi connectivity index (χ3v) is 4.14. The Labute approximate surface area is 148 Å². The number of hydrogen-bond donors (Lipinski definition) is 0. The van der Waals surface area contributed by atoms with Crippen LogP contribution in [-0.2, 0) is 4.74 Å². The lowest BCUT2D eigenvalue weighted by Gasteiger charge is -2.17. The SMILES string of the molecule is CCN(CC)CCOC(=O)c1cccc2c(=O)c(C)c(C)oc12.Cl. The second-order valence-electron chi connectivity index (χ2n) is 5.46. The summed E-state index contributed by atoms with van der Waals surface area (Å²) in [5.74, 6) is 0.0556. The average Bonchev–Trinajstić information content (AvgIpc) is 2.56. The van der Waals surface area contributed by atoms with E-state index in [0.29, 0.717) is 41.0 Å². The van der Waals surface area contributed by atoms with Crippen molar-refractivity contribution in [3.05, 3.63) is 45.3 Å². The topological polar surface area (TPSA) is 59.8 Å². The molecule has 0 amide bonds. The summed E-state index contributed by atoms with van der Waals surface area (Å²) >= 11 is 0. The molecule has 0 spiro atoms. The molecule has 0 radical (unpaired) electrons. The minimum absolute atomic E-state index is 0. The van der Waals surface area contributed by atoms with Crippen LogP contribution in [0.15, 0.2) is 27.4 Å². The van der Waals surface area contributed by atoms with Gasteiger partial charge in [-0.2, -0.15) is 0 Å². The maximum atomic E-state index is 12.3. The molecule has 0 aliphatic carbocycles. The second kappa shape index (κ2) is 8.85. The molecule has 132 valence electrons. The van der Waals surface area contributed by atoms with Crippen molar-refractivity contribution in [3.8, 4) is 0 Å². The first kappa shape index (κ1) is 20.2. The lowest BCUT2D eigenvalue weighted by molar-refractivity contribution is 0.0467. The van der Waals surface area contributed by atoms with Crippen LogP contribution in [0.2, 0.25) is 0 Å². The molecule has 1 aromatic heterocycles. The predicted molar refractivity (Wildman–Crippen MR) is 97.3 cm³/mol. The van der Waals surface area contributed by atoms with Gasteiger partial charge in [-0.25, -0.2) is 4.79 Å². The number of nitrogens with zero attached hydrogens (tertiary/aromatic N) is 1. The summed E-state index contributed by atoms with van der Waals surface area (Å²) in [6, 6.07) is 4.97. The smallest absolute Gasteiger partial charge is 0.342 e. The highest BCUT2D eigenvalue weighted by Gasteiger charge is 2.17. The van der Waals surface area contributed by atoms with Gasteiger partial charge in [0.2, 0.25) is 0 Å². The third kappa shape index (κ3) is 4.16. The zero-order valence-electron chi connectivity index (χ0n) is 14.5. The molecule has 6 heteroatoms. The number of ether oxygens (including phenoxy) is 1. The molecule has 0 bridgehead atoms. The van der Waals surface area contributed by atoms with Crippen LogP contribution in [0.3, 0.4) is 0 Å². The molecule has 0 aliphatic heterocycles. The van der Waals surface area contributed by atoms with Crippen LogP contribution in [0.1, 0.15) is 35.5 Å². The molecule has 0 atom stereocenters. The van der Waals surface area contributed by atoms with Gasteiger partial charge < -0.3 is 14.1 Å². The molecule has 5 nitrogen and oxygen atoms in total. The van der Waals surface area contributed by atoms with Gasteiger partial charge in [0.15, 0.2) is 11.0 Å². The van der Waals surface area contributed by atoms with Crippen molar-refractivity contribution in [2.75, 3.05) is 26.2 Å². The molecule has 2 rings (SSSR count). The van der Waals surface area contributed by atoms with Crippen LogP contribution in [0.25, 0.3) is 11.0 Å². The van der Waals surface area contributed by atoms with E-state index in [2.05, 4.69) is 18.7 Å². The van der Waals surface area contributed by atoms with E-state index in [1.807, 2.05) is 0 Å². The summed E-state index contributed by atoms with van der Waals surface area (Å²) in [6.45, 7) is 10.4. The van der Waals surface area contributed by atoms with Crippen LogP contribution in [-0.4, -0.2) is 37.1 Å². The molecule has 0 N–H and O–H groups in total. The highest BCUT2D eigenvalue weighted by atomic mass is 35.5. The van der Waals surface area contributed by atoms with Crippen molar-refractivity contribution in [2.24, 2.45) is 0 Å². The molecule has 24 heavy (non-hydrogen) atoms. The Bertz CT molecular complexity index is 765. The zero-order valence-corrected chi connectivity index (χ0v) is 15.4. The van der Waals surface area contributed by atoms with Gasteiger partial charge in [0, 0.05) is 12.1 Å². The van der Waals surface area contributed by atoms with E-state index < -0.39 is 5.97 Å². The van der Waals surface area contributed by atoms with E-state index in [9.17, 15) is 9.59 Å². The van der Waals surface area contributed by atoms with Crippen molar-refractivity contribution < 1.29 is 13.9 Å². The van der Waals surface area contributed by atoms with Crippen LogP contribution < -0.4 is 5.43 Å². The number of likely N-dealkylation sites (N-methyl/N-ethyl adjacent to an activating group) is 1. The number of aryl methyl sites for hydroxylation is 1. The van der Waals surface area contributed by atoms with E-state index >= 15 is 0 Å². The van der Waals surface area contributed by atoms with Gasteiger partial charge >= 0.3 is 5.97 Å². The summed E-state index contributed by atoms with van der Waals surface area (Å²) in [5.41, 5.74) is 1.04. The van der Waals surface area contributed by atoms with Gasteiger partial charge in [0.25, 0.3) is 0 Å². The standard InChI is InChI=1S/C18H23NO4.ClH/c1-5-19(6-2)10-11-22-18(21)15-9-7-8-14-16(20)12(3)13(4)23-17(14)15;/h7-9H,5-6,10-11H2,1-4H3;1H. The number of carbonyl (C=O) groups is 1. The van der Waals surface area contributed by atoms with Gasteiger partial charge in [0.05, 0.1) is 5.39 Å². The minimum Gasteiger partial charge on any atom is -0.461 e. The Morgan fingerprint density at radius 3 is 2.50 bits per heavy atom. The Balaban J connectivity index is 0.00000288. The van der Waals surface area contributed by atoms with E-state index in [4.69, 9.17) is 9.15 Å². The number of esters is 1. The minimum atomic E-state index is -0.464. The quantitative estimate of drug-likeness (QED) is 0.745. The number of hydrogen-bond acceptors (Lipinski definition) is 5. The van der Waals surface area contributed by atoms with Crippen molar-refractivity contribution in [1.29, 1.82) is 0 Å². The molecular formula is C18H24ClNO4. The number of carbonyl (C=O) groups excluding carboxylic acids is 1. The van der Waals surface area contributed by atoms with Gasteiger partial charge in [-0.1, -0.05) is 19.9 Å². The first-order valence-corrected chi connectivity index (χ1v) is 7.92. The van der Waals surface area contributed by atoms with E-state index in [1.165, 1.54) is 0 Å². The summed E-state index contributed by atoms with van der Waals surface area (Å²) in [5, 5.41) is 0.409. The number of para-hydroxylation sites is 1. The Kier molecular flexibility index (Phi) is 7.45. The predicted octanol–water partition coefficient (Wildman–Crippen LogP) is 3.33. The van der Waals surface area contributed by atoms with Crippen LogP contribution in [0.5, 0.6) is 0 Å². The zero-order chi connectivity index (χ0) is 17.0. The average molecular weight is 354 g/mol. The van der Waals surface area contributed by atoms with Crippen LogP contribution in [0.4, 0.5) is 0 Å². The summed E-state index contributed by atoms with van der Waals surface area (Å²) in [6.07, 6.45) is 0. The molecule has 0 saturated carbocycles. The summed E-state index contributed by atoms with van der Waals surface area (Å²) < 4.78 is 11.0. The van der Waals surface area contributed by atoms with Crippen molar-refractivity contribution in [1.82, 2.24) is 4.90 Å². The lowest BCUT2D eigenvalue weighted by atomic mass is 10.1. The fourth-order valence-electron chi connectivity index (χ4n) is 2.46. The number of benzene rings is 1. The van der Waals surface area contributed by atoms with Gasteiger partial charge in [0.1, 0.15) is 17.9 Å². The number of halogens is 1. The third-order valence-electron chi connectivity index (χ3n) is 4.14. The molecule has 0 unspecified atom stereocenters. The Morgan fingerprint density at radius 1 is 1.21 bits per heavy atom. The fourth-order valence-corrected chi connectivity index (χ4v) is 2.46. The molecule has 0 fully saturated rings. The van der Waals surface area contributed by atoms with E-state index in [0.717, 1.165) is 13.1 Å². The first-order chi connectivity index (χ1) is 11.0. The summed E-state index contributed by atoms with van der Waals surface area (Å²) in [4.78, 5) is 26.8. The Morgan fingerprint density at radius 2 is 1.88 bits per heavy atom. The molecule has 1 heterocycles. The van der Waals surface area contributed by atoms with Crippen molar-refractivity contribution in [2.45, 2.75) is 27.7 Å². The van der Waals surface area contributed by atoms with Gasteiger partial charge in [-0.15, -0.1) is 12.4 Å². The first-order valence-electron chi connectivity index (χ1n) is 7.92. The van der Waals surface area contributed by atoms with Gasteiger partial charge in [-0.05, 0) is 39.1 Å². The molecule has 0 saturated heterocycles. The van der Waals surface area contributed by atoms with Gasteiger partial charge in [-0.3, -0.25) is 4.79 Å². The maximum Gasteiger partial charge on any atom is 0.342 e. The lowest BCUT2D eigenvalue weighted by Crippen LogP contribution is -2.28.